The van der Waals surface area contributed by atoms with Crippen molar-refractivity contribution in [1.82, 2.24) is 0 Å². The van der Waals surface area contributed by atoms with E-state index in [0.29, 0.717) is 0 Å². The van der Waals surface area contributed by atoms with Gasteiger partial charge in [0.05, 0.1) is 0 Å². The first-order chi connectivity index (χ1) is 25.2. The predicted molar refractivity (Wildman–Crippen MR) is 217 cm³/mol. The van der Waals surface area contributed by atoms with E-state index in [1.54, 1.807) is 0 Å². The topological polar surface area (TPSA) is 6.48 Å². The average molecular weight is 655 g/mol. The van der Waals surface area contributed by atoms with E-state index in [2.05, 4.69) is 229 Å². The maximum absolute atomic E-state index is 2.33. The van der Waals surface area contributed by atoms with Crippen LogP contribution in [0.5, 0.6) is 0 Å². The van der Waals surface area contributed by atoms with E-state index in [1.807, 2.05) is 0 Å². The van der Waals surface area contributed by atoms with E-state index in [1.165, 1.54) is 44.5 Å². The fourth-order valence-electron chi connectivity index (χ4n) is 6.70. The summed E-state index contributed by atoms with van der Waals surface area (Å²) >= 11 is 0. The lowest BCUT2D eigenvalue weighted by Gasteiger charge is -2.26. The third-order valence-corrected chi connectivity index (χ3v) is 9.50. The molecule has 0 saturated heterocycles. The summed E-state index contributed by atoms with van der Waals surface area (Å²) < 4.78 is 0. The third-order valence-electron chi connectivity index (χ3n) is 9.50. The SMILES string of the molecule is CN(c1ccc(-c2ccccc2)cc1)c1ccc(-c2cccc(-c3cccc(N(c4ccccc4)c4ccc(-c5ccccc5)cc4)c3)c2)cc1. The molecule has 0 atom stereocenters. The molecule has 0 amide bonds. The molecule has 0 fully saturated rings. The summed E-state index contributed by atoms with van der Waals surface area (Å²) in [6.45, 7) is 0. The van der Waals surface area contributed by atoms with Gasteiger partial charge in [-0.3, -0.25) is 0 Å². The van der Waals surface area contributed by atoms with Gasteiger partial charge in [-0.1, -0.05) is 146 Å². The first-order valence-electron chi connectivity index (χ1n) is 17.4. The van der Waals surface area contributed by atoms with Crippen LogP contribution >= 0.6 is 0 Å². The fourth-order valence-corrected chi connectivity index (χ4v) is 6.70. The molecule has 0 N–H and O–H groups in total. The first-order valence-corrected chi connectivity index (χ1v) is 17.4. The summed E-state index contributed by atoms with van der Waals surface area (Å²) in [6.07, 6.45) is 0. The van der Waals surface area contributed by atoms with E-state index >= 15 is 0 Å². The highest BCUT2D eigenvalue weighted by Gasteiger charge is 2.14. The molecule has 0 aliphatic rings. The first kappa shape index (κ1) is 31.6. The molecule has 2 heteroatoms. The summed E-state index contributed by atoms with van der Waals surface area (Å²) in [6, 6.07) is 75.7. The van der Waals surface area contributed by atoms with Gasteiger partial charge in [-0.2, -0.15) is 0 Å². The summed E-state index contributed by atoms with van der Waals surface area (Å²) in [7, 11) is 2.12. The highest BCUT2D eigenvalue weighted by atomic mass is 15.1. The molecule has 0 aliphatic carbocycles. The lowest BCUT2D eigenvalue weighted by molar-refractivity contribution is 1.21. The average Bonchev–Trinajstić information content (AvgIpc) is 3.22. The van der Waals surface area contributed by atoms with Crippen LogP contribution in [0.3, 0.4) is 0 Å². The summed E-state index contributed by atoms with van der Waals surface area (Å²) in [5.41, 5.74) is 15.2. The van der Waals surface area contributed by atoms with Gasteiger partial charge < -0.3 is 9.80 Å². The van der Waals surface area contributed by atoms with E-state index in [0.717, 1.165) is 28.4 Å². The van der Waals surface area contributed by atoms with Crippen LogP contribution in [0.25, 0.3) is 44.5 Å². The molecular formula is C49H38N2. The van der Waals surface area contributed by atoms with Gasteiger partial charge in [0, 0.05) is 35.5 Å². The number of hydrogen-bond donors (Lipinski definition) is 0. The Bertz CT molecular complexity index is 2330. The van der Waals surface area contributed by atoms with Crippen LogP contribution in [0.15, 0.2) is 212 Å². The smallest absolute Gasteiger partial charge is 0.0467 e. The van der Waals surface area contributed by atoms with Crippen molar-refractivity contribution in [2.45, 2.75) is 0 Å². The monoisotopic (exact) mass is 654 g/mol. The summed E-state index contributed by atoms with van der Waals surface area (Å²) in [5, 5.41) is 0. The predicted octanol–water partition coefficient (Wildman–Crippen LogP) is 13.6. The number of hydrogen-bond acceptors (Lipinski definition) is 2. The minimum absolute atomic E-state index is 1.11. The molecule has 51 heavy (non-hydrogen) atoms. The van der Waals surface area contributed by atoms with Gasteiger partial charge in [-0.15, -0.1) is 0 Å². The second-order valence-corrected chi connectivity index (χ2v) is 12.7. The van der Waals surface area contributed by atoms with Gasteiger partial charge in [0.15, 0.2) is 0 Å². The molecule has 8 rings (SSSR count). The zero-order valence-electron chi connectivity index (χ0n) is 28.6. The van der Waals surface area contributed by atoms with Crippen LogP contribution in [-0.4, -0.2) is 7.05 Å². The molecule has 0 spiro atoms. The lowest BCUT2D eigenvalue weighted by Crippen LogP contribution is -2.09. The summed E-state index contributed by atoms with van der Waals surface area (Å²) in [5.74, 6) is 0. The molecule has 0 radical (unpaired) electrons. The lowest BCUT2D eigenvalue weighted by atomic mass is 9.98. The third kappa shape index (κ3) is 6.94. The van der Waals surface area contributed by atoms with Crippen molar-refractivity contribution in [3.05, 3.63) is 212 Å². The zero-order chi connectivity index (χ0) is 34.4. The minimum atomic E-state index is 1.11. The molecule has 0 bridgehead atoms. The normalized spacial score (nSPS) is 10.8. The van der Waals surface area contributed by atoms with Crippen molar-refractivity contribution >= 4 is 28.4 Å². The number of rotatable bonds is 9. The van der Waals surface area contributed by atoms with Crippen LogP contribution < -0.4 is 9.80 Å². The number of anilines is 5. The molecular weight excluding hydrogens is 617 g/mol. The number of nitrogens with zero attached hydrogens (tertiary/aromatic N) is 2. The fraction of sp³-hybridized carbons (Fsp3) is 0.0204. The Morgan fingerprint density at radius 3 is 1.06 bits per heavy atom. The van der Waals surface area contributed by atoms with E-state index < -0.39 is 0 Å². The van der Waals surface area contributed by atoms with Crippen LogP contribution in [0, 0.1) is 0 Å². The Morgan fingerprint density at radius 2 is 0.549 bits per heavy atom. The van der Waals surface area contributed by atoms with Gasteiger partial charge in [0.2, 0.25) is 0 Å². The zero-order valence-corrected chi connectivity index (χ0v) is 28.6. The maximum Gasteiger partial charge on any atom is 0.0467 e. The second kappa shape index (κ2) is 14.5. The highest BCUT2D eigenvalue weighted by molar-refractivity contribution is 5.82. The molecule has 8 aromatic carbocycles. The second-order valence-electron chi connectivity index (χ2n) is 12.7. The van der Waals surface area contributed by atoms with Gasteiger partial charge >= 0.3 is 0 Å². The Labute approximate surface area is 301 Å². The van der Waals surface area contributed by atoms with Crippen LogP contribution in [0.1, 0.15) is 0 Å². The van der Waals surface area contributed by atoms with Crippen LogP contribution in [0.4, 0.5) is 28.4 Å². The molecule has 0 aliphatic heterocycles. The van der Waals surface area contributed by atoms with Gasteiger partial charge in [-0.05, 0) is 111 Å². The van der Waals surface area contributed by atoms with Crippen molar-refractivity contribution in [2.75, 3.05) is 16.8 Å². The van der Waals surface area contributed by atoms with E-state index in [9.17, 15) is 0 Å². The molecule has 2 nitrogen and oxygen atoms in total. The quantitative estimate of drug-likeness (QED) is 0.153. The van der Waals surface area contributed by atoms with Crippen LogP contribution in [-0.2, 0) is 0 Å². The molecule has 0 heterocycles. The highest BCUT2D eigenvalue weighted by Crippen LogP contribution is 2.38. The Balaban J connectivity index is 1.05. The van der Waals surface area contributed by atoms with Gasteiger partial charge in [0.25, 0.3) is 0 Å². The number of para-hydroxylation sites is 1. The van der Waals surface area contributed by atoms with Crippen molar-refractivity contribution in [1.29, 1.82) is 0 Å². The van der Waals surface area contributed by atoms with E-state index in [-0.39, 0.29) is 0 Å². The largest absolute Gasteiger partial charge is 0.345 e. The molecule has 244 valence electrons. The molecule has 8 aromatic rings. The van der Waals surface area contributed by atoms with Crippen molar-refractivity contribution in [3.63, 3.8) is 0 Å². The van der Waals surface area contributed by atoms with Gasteiger partial charge in [-0.25, -0.2) is 0 Å². The van der Waals surface area contributed by atoms with Crippen molar-refractivity contribution < 1.29 is 0 Å². The van der Waals surface area contributed by atoms with E-state index in [4.69, 9.17) is 0 Å². The van der Waals surface area contributed by atoms with Crippen LogP contribution in [0.2, 0.25) is 0 Å². The minimum Gasteiger partial charge on any atom is -0.345 e. The molecule has 0 saturated carbocycles. The summed E-state index contributed by atoms with van der Waals surface area (Å²) in [4.78, 5) is 4.56. The standard InChI is InChI=1S/C49H38N2/c1-50(45-29-23-39(24-30-45)37-13-5-2-6-14-37)46-31-25-41(26-32-46)42-17-11-18-43(35-42)44-19-12-22-49(36-44)51(47-20-9-4-10-21-47)48-33-27-40(28-34-48)38-15-7-3-8-16-38/h2-36H,1H3. The Morgan fingerprint density at radius 1 is 0.235 bits per heavy atom. The maximum atomic E-state index is 2.33. The van der Waals surface area contributed by atoms with Gasteiger partial charge in [0.1, 0.15) is 0 Å². The Kier molecular flexibility index (Phi) is 8.96. The van der Waals surface area contributed by atoms with Crippen molar-refractivity contribution in [2.24, 2.45) is 0 Å². The number of benzene rings is 8. The molecule has 0 unspecified atom stereocenters. The Hall–Kier alpha value is -6.64. The van der Waals surface area contributed by atoms with Crippen molar-refractivity contribution in [3.8, 4) is 44.5 Å². The molecule has 0 aromatic heterocycles.